The summed E-state index contributed by atoms with van der Waals surface area (Å²) in [7, 11) is 0. The molecule has 2 aromatic heterocycles. The van der Waals surface area contributed by atoms with Crippen LogP contribution >= 0.6 is 0 Å². The zero-order valence-electron chi connectivity index (χ0n) is 24.8. The van der Waals surface area contributed by atoms with Crippen LogP contribution < -0.4 is 26.6 Å². The minimum absolute atomic E-state index is 0.0453. The predicted octanol–water partition coefficient (Wildman–Crippen LogP) is 5.91. The van der Waals surface area contributed by atoms with Crippen LogP contribution in [0.25, 0.3) is 11.6 Å². The lowest BCUT2D eigenvalue weighted by Crippen LogP contribution is -2.29. The Labute approximate surface area is 245 Å². The second-order valence-electron chi connectivity index (χ2n) is 12.1. The van der Waals surface area contributed by atoms with Gasteiger partial charge in [-0.2, -0.15) is 0 Å². The smallest absolute Gasteiger partial charge is 0.324 e. The van der Waals surface area contributed by atoms with Gasteiger partial charge < -0.3 is 30.8 Å². The lowest BCUT2D eigenvalue weighted by molar-refractivity contribution is -0.116. The van der Waals surface area contributed by atoms with Gasteiger partial charge in [0.2, 0.25) is 5.91 Å². The summed E-state index contributed by atoms with van der Waals surface area (Å²) >= 11 is 0. The molecule has 0 spiro atoms. The van der Waals surface area contributed by atoms with Crippen LogP contribution in [0.1, 0.15) is 81.2 Å². The van der Waals surface area contributed by atoms with E-state index in [0.29, 0.717) is 53.1 Å². The second kappa shape index (κ2) is 11.8. The summed E-state index contributed by atoms with van der Waals surface area (Å²) in [6, 6.07) is 6.95. The van der Waals surface area contributed by atoms with Gasteiger partial charge in [0.1, 0.15) is 5.76 Å². The van der Waals surface area contributed by atoms with Crippen molar-refractivity contribution in [1.82, 2.24) is 15.5 Å². The number of benzene rings is 1. The molecule has 1 saturated carbocycles. The molecule has 0 atom stereocenters. The van der Waals surface area contributed by atoms with Crippen LogP contribution in [-0.2, 0) is 15.0 Å². The number of rotatable bonds is 8. The van der Waals surface area contributed by atoms with Crippen molar-refractivity contribution in [2.45, 2.75) is 78.2 Å². The molecule has 3 heterocycles. The number of aromatic amines is 1. The minimum atomic E-state index is -0.481. The lowest BCUT2D eigenvalue weighted by atomic mass is 9.93. The lowest BCUT2D eigenvalue weighted by Gasteiger charge is -2.12. The van der Waals surface area contributed by atoms with Crippen molar-refractivity contribution in [1.29, 1.82) is 0 Å². The quantitative estimate of drug-likeness (QED) is 0.184. The summed E-state index contributed by atoms with van der Waals surface area (Å²) in [5, 5.41) is 18.7. The van der Waals surface area contributed by atoms with Crippen molar-refractivity contribution < 1.29 is 18.9 Å². The summed E-state index contributed by atoms with van der Waals surface area (Å²) in [5.74, 6) is 0.673. The number of aromatic nitrogens is 2. The van der Waals surface area contributed by atoms with Gasteiger partial charge >= 0.3 is 6.03 Å². The van der Waals surface area contributed by atoms with Crippen LogP contribution in [0.15, 0.2) is 28.8 Å². The van der Waals surface area contributed by atoms with Crippen molar-refractivity contribution in [3.05, 3.63) is 52.5 Å². The molecule has 0 bridgehead atoms. The van der Waals surface area contributed by atoms with E-state index in [0.717, 1.165) is 22.6 Å². The number of fused-ring (bicyclic) bond motifs is 1. The van der Waals surface area contributed by atoms with Crippen molar-refractivity contribution in [3.8, 4) is 0 Å². The highest BCUT2D eigenvalue weighted by Crippen LogP contribution is 2.36. The number of aryl methyl sites for hydroxylation is 1. The normalized spacial score (nSPS) is 16.0. The average Bonchev–Trinajstić information content (AvgIpc) is 3.70. The van der Waals surface area contributed by atoms with Crippen molar-refractivity contribution in [2.75, 3.05) is 27.8 Å². The van der Waals surface area contributed by atoms with Crippen LogP contribution in [-0.4, -0.2) is 40.6 Å². The first-order valence-corrected chi connectivity index (χ1v) is 14.4. The summed E-state index contributed by atoms with van der Waals surface area (Å²) in [5.41, 5.74) is 5.22. The summed E-state index contributed by atoms with van der Waals surface area (Å²) < 4.78 is 5.31. The van der Waals surface area contributed by atoms with Gasteiger partial charge in [-0.25, -0.2) is 4.79 Å². The van der Waals surface area contributed by atoms with Gasteiger partial charge in [-0.05, 0) is 50.5 Å². The highest BCUT2D eigenvalue weighted by atomic mass is 16.5. The van der Waals surface area contributed by atoms with Gasteiger partial charge in [-0.3, -0.25) is 14.9 Å². The van der Waals surface area contributed by atoms with E-state index in [9.17, 15) is 14.4 Å². The van der Waals surface area contributed by atoms with Crippen molar-refractivity contribution in [2.24, 2.45) is 0 Å². The highest BCUT2D eigenvalue weighted by molar-refractivity contribution is 6.35. The monoisotopic (exact) mass is 573 g/mol. The molecule has 11 nitrogen and oxygen atoms in total. The standard InChI is InChI=1S/C31H39N7O4/c1-17-23(33-18(2)28(17)37-27(39)12-13-32-19-8-6-7-9-19)15-22-21-11-10-20(14-24(21)35-29(22)40)34-30(41)36-26-16-25(42-38-26)31(3,4)5/h10-11,14-16,19,32-33H,6-9,12-13H2,1-5H3,(H,35,40)(H,37,39)(H2,34,36,38,41)/b22-15-. The number of nitrogens with one attached hydrogen (secondary N) is 6. The van der Waals surface area contributed by atoms with E-state index in [2.05, 4.69) is 36.7 Å². The number of hydrogen-bond acceptors (Lipinski definition) is 6. The molecule has 1 fully saturated rings. The molecule has 2 aliphatic rings. The first-order chi connectivity index (χ1) is 20.0. The zero-order valence-corrected chi connectivity index (χ0v) is 24.8. The largest absolute Gasteiger partial charge is 0.359 e. The van der Waals surface area contributed by atoms with Gasteiger partial charge in [0.05, 0.1) is 16.9 Å². The second-order valence-corrected chi connectivity index (χ2v) is 12.1. The Balaban J connectivity index is 1.23. The fourth-order valence-corrected chi connectivity index (χ4v) is 5.35. The molecule has 5 rings (SSSR count). The maximum atomic E-state index is 12.9. The molecular weight excluding hydrogens is 534 g/mol. The molecule has 3 aromatic rings. The summed E-state index contributed by atoms with van der Waals surface area (Å²) in [6.07, 6.45) is 7.06. The Kier molecular flexibility index (Phi) is 8.22. The van der Waals surface area contributed by atoms with E-state index in [1.807, 2.05) is 34.6 Å². The maximum Gasteiger partial charge on any atom is 0.324 e. The fraction of sp³-hybridized carbons (Fsp3) is 0.419. The average molecular weight is 574 g/mol. The first-order valence-electron chi connectivity index (χ1n) is 14.4. The molecule has 1 aromatic carbocycles. The molecule has 42 heavy (non-hydrogen) atoms. The third-order valence-electron chi connectivity index (χ3n) is 7.72. The van der Waals surface area contributed by atoms with Crippen LogP contribution in [0.3, 0.4) is 0 Å². The van der Waals surface area contributed by atoms with Gasteiger partial charge in [0, 0.05) is 53.1 Å². The number of hydrogen-bond donors (Lipinski definition) is 6. The Morgan fingerprint density at radius 2 is 1.86 bits per heavy atom. The Morgan fingerprint density at radius 1 is 1.10 bits per heavy atom. The van der Waals surface area contributed by atoms with Crippen molar-refractivity contribution >= 4 is 52.4 Å². The summed E-state index contributed by atoms with van der Waals surface area (Å²) in [4.78, 5) is 41.4. The van der Waals surface area contributed by atoms with Gasteiger partial charge in [0.25, 0.3) is 5.91 Å². The number of anilines is 4. The van der Waals surface area contributed by atoms with Crippen LogP contribution in [0.2, 0.25) is 0 Å². The summed E-state index contributed by atoms with van der Waals surface area (Å²) in [6.45, 7) is 10.4. The molecular formula is C31H39N7O4. The Hall–Kier alpha value is -4.38. The number of carbonyl (C=O) groups is 3. The first kappa shape index (κ1) is 29.1. The third-order valence-corrected chi connectivity index (χ3v) is 7.72. The van der Waals surface area contributed by atoms with Crippen LogP contribution in [0.4, 0.5) is 27.7 Å². The van der Waals surface area contributed by atoms with E-state index in [1.165, 1.54) is 25.7 Å². The SMILES string of the molecule is Cc1[nH]c(/C=C2\C(=O)Nc3cc(NC(=O)Nc4cc(C(C)(C)C)on4)ccc32)c(C)c1NC(=O)CCNC1CCCC1. The molecule has 1 aliphatic heterocycles. The van der Waals surface area contributed by atoms with Gasteiger partial charge in [-0.15, -0.1) is 0 Å². The Bertz CT molecular complexity index is 1540. The molecule has 1 aliphatic carbocycles. The highest BCUT2D eigenvalue weighted by Gasteiger charge is 2.26. The van der Waals surface area contributed by atoms with Gasteiger partial charge in [-0.1, -0.05) is 44.8 Å². The van der Waals surface area contributed by atoms with Crippen molar-refractivity contribution in [3.63, 3.8) is 0 Å². The molecule has 0 unspecified atom stereocenters. The van der Waals surface area contributed by atoms with E-state index < -0.39 is 6.03 Å². The van der Waals surface area contributed by atoms with E-state index in [4.69, 9.17) is 4.52 Å². The molecule has 6 N–H and O–H groups in total. The molecule has 0 radical (unpaired) electrons. The molecule has 222 valence electrons. The number of carbonyl (C=O) groups excluding carboxylic acids is 3. The topological polar surface area (TPSA) is 153 Å². The van der Waals surface area contributed by atoms with Crippen LogP contribution in [0, 0.1) is 13.8 Å². The molecule has 0 saturated heterocycles. The third kappa shape index (κ3) is 6.57. The number of urea groups is 1. The zero-order chi connectivity index (χ0) is 30.0. The molecule has 11 heteroatoms. The maximum absolute atomic E-state index is 12.9. The number of amides is 4. The Morgan fingerprint density at radius 3 is 2.57 bits per heavy atom. The molecule has 4 amide bonds. The van der Waals surface area contributed by atoms with Gasteiger partial charge in [0.15, 0.2) is 5.82 Å². The number of H-pyrrole nitrogens is 1. The van der Waals surface area contributed by atoms with E-state index in [1.54, 1.807) is 30.3 Å². The van der Waals surface area contributed by atoms with Crippen LogP contribution in [0.5, 0.6) is 0 Å². The van der Waals surface area contributed by atoms with E-state index in [-0.39, 0.29) is 17.2 Å². The number of nitrogens with zero attached hydrogens (tertiary/aromatic N) is 1. The predicted molar refractivity (Wildman–Crippen MR) is 165 cm³/mol. The minimum Gasteiger partial charge on any atom is -0.359 e. The fourth-order valence-electron chi connectivity index (χ4n) is 5.35. The van der Waals surface area contributed by atoms with E-state index >= 15 is 0 Å².